The summed E-state index contributed by atoms with van der Waals surface area (Å²) in [5.41, 5.74) is 1.91. The van der Waals surface area contributed by atoms with Crippen molar-refractivity contribution >= 4 is 16.9 Å². The number of ether oxygens (including phenoxy) is 2. The first-order valence-corrected chi connectivity index (χ1v) is 10.3. The SMILES string of the molecule is C[C@@H]1CN(C2CCN(C(=O)COCc3nc4ccccc4[nH]3)CC2)C[C@H](C)O1. The first-order chi connectivity index (χ1) is 13.6. The van der Waals surface area contributed by atoms with Gasteiger partial charge in [-0.15, -0.1) is 0 Å². The summed E-state index contributed by atoms with van der Waals surface area (Å²) in [6, 6.07) is 8.42. The summed E-state index contributed by atoms with van der Waals surface area (Å²) in [4.78, 5) is 24.7. The number of carbonyl (C=O) groups excluding carboxylic acids is 1. The van der Waals surface area contributed by atoms with E-state index in [1.54, 1.807) is 0 Å². The second-order valence-corrected chi connectivity index (χ2v) is 8.02. The van der Waals surface area contributed by atoms with Gasteiger partial charge in [-0.3, -0.25) is 9.69 Å². The Labute approximate surface area is 166 Å². The molecule has 1 N–H and O–H groups in total. The van der Waals surface area contributed by atoms with E-state index >= 15 is 0 Å². The fourth-order valence-corrected chi connectivity index (χ4v) is 4.40. The predicted octanol–water partition coefficient (Wildman–Crippen LogP) is 2.18. The number of carbonyl (C=O) groups is 1. The number of para-hydroxylation sites is 2. The lowest BCUT2D eigenvalue weighted by Gasteiger charge is -2.43. The van der Waals surface area contributed by atoms with Crippen molar-refractivity contribution in [2.75, 3.05) is 32.8 Å². The molecule has 0 aliphatic carbocycles. The van der Waals surface area contributed by atoms with Gasteiger partial charge in [-0.25, -0.2) is 4.98 Å². The van der Waals surface area contributed by atoms with Crippen LogP contribution in [0.25, 0.3) is 11.0 Å². The normalized spacial score (nSPS) is 24.7. The Hall–Kier alpha value is -1.96. The molecule has 2 aliphatic heterocycles. The van der Waals surface area contributed by atoms with Crippen LogP contribution in [-0.4, -0.2) is 76.7 Å². The highest BCUT2D eigenvalue weighted by molar-refractivity contribution is 5.77. The molecule has 0 radical (unpaired) electrons. The van der Waals surface area contributed by atoms with Gasteiger partial charge >= 0.3 is 0 Å². The third kappa shape index (κ3) is 4.54. The van der Waals surface area contributed by atoms with Crippen molar-refractivity contribution in [2.45, 2.75) is 51.5 Å². The number of hydrogen-bond donors (Lipinski definition) is 1. The van der Waals surface area contributed by atoms with Crippen LogP contribution in [0.3, 0.4) is 0 Å². The van der Waals surface area contributed by atoms with Crippen LogP contribution < -0.4 is 0 Å². The summed E-state index contributed by atoms with van der Waals surface area (Å²) in [5.74, 6) is 0.821. The molecule has 0 unspecified atom stereocenters. The number of hydrogen-bond acceptors (Lipinski definition) is 5. The number of likely N-dealkylation sites (tertiary alicyclic amines) is 1. The van der Waals surface area contributed by atoms with E-state index in [0.29, 0.717) is 12.6 Å². The summed E-state index contributed by atoms with van der Waals surface area (Å²) in [7, 11) is 0. The van der Waals surface area contributed by atoms with Gasteiger partial charge in [0.05, 0.1) is 23.2 Å². The minimum Gasteiger partial charge on any atom is -0.373 e. The van der Waals surface area contributed by atoms with Gasteiger partial charge in [-0.2, -0.15) is 0 Å². The smallest absolute Gasteiger partial charge is 0.248 e. The quantitative estimate of drug-likeness (QED) is 0.853. The van der Waals surface area contributed by atoms with Crippen molar-refractivity contribution in [1.82, 2.24) is 19.8 Å². The zero-order valence-corrected chi connectivity index (χ0v) is 16.8. The molecule has 0 bridgehead atoms. The molecular weight excluding hydrogens is 356 g/mol. The number of nitrogens with one attached hydrogen (secondary N) is 1. The van der Waals surface area contributed by atoms with Crippen molar-refractivity contribution in [3.8, 4) is 0 Å². The Morgan fingerprint density at radius 2 is 1.93 bits per heavy atom. The van der Waals surface area contributed by atoms with E-state index in [-0.39, 0.29) is 24.7 Å². The molecule has 2 aromatic rings. The number of amides is 1. The number of benzene rings is 1. The van der Waals surface area contributed by atoms with Gasteiger partial charge in [0, 0.05) is 32.2 Å². The molecule has 152 valence electrons. The van der Waals surface area contributed by atoms with Gasteiger partial charge in [0.25, 0.3) is 0 Å². The van der Waals surface area contributed by atoms with Crippen LogP contribution in [0.2, 0.25) is 0 Å². The van der Waals surface area contributed by atoms with Crippen molar-refractivity contribution < 1.29 is 14.3 Å². The topological polar surface area (TPSA) is 70.7 Å². The summed E-state index contributed by atoms with van der Waals surface area (Å²) in [6.45, 7) is 8.29. The maximum atomic E-state index is 12.5. The summed E-state index contributed by atoms with van der Waals surface area (Å²) < 4.78 is 11.5. The van der Waals surface area contributed by atoms with E-state index in [4.69, 9.17) is 9.47 Å². The zero-order chi connectivity index (χ0) is 19.5. The lowest BCUT2D eigenvalue weighted by Crippen LogP contribution is -2.54. The zero-order valence-electron chi connectivity index (χ0n) is 16.8. The van der Waals surface area contributed by atoms with Crippen LogP contribution in [0.5, 0.6) is 0 Å². The molecule has 2 saturated heterocycles. The monoisotopic (exact) mass is 386 g/mol. The average molecular weight is 386 g/mol. The van der Waals surface area contributed by atoms with Crippen LogP contribution in [-0.2, 0) is 20.9 Å². The number of aromatic amines is 1. The molecule has 7 nitrogen and oxygen atoms in total. The van der Waals surface area contributed by atoms with Crippen molar-refractivity contribution in [3.63, 3.8) is 0 Å². The van der Waals surface area contributed by atoms with Crippen molar-refractivity contribution in [2.24, 2.45) is 0 Å². The molecule has 1 aromatic heterocycles. The first kappa shape index (κ1) is 19.4. The van der Waals surface area contributed by atoms with Crippen molar-refractivity contribution in [3.05, 3.63) is 30.1 Å². The summed E-state index contributed by atoms with van der Waals surface area (Å²) in [5, 5.41) is 0. The van der Waals surface area contributed by atoms with Gasteiger partial charge in [-0.05, 0) is 38.8 Å². The second kappa shape index (κ2) is 8.59. The maximum Gasteiger partial charge on any atom is 0.248 e. The molecule has 1 amide bonds. The average Bonchev–Trinajstić information content (AvgIpc) is 3.10. The summed E-state index contributed by atoms with van der Waals surface area (Å²) >= 11 is 0. The van der Waals surface area contributed by atoms with Gasteiger partial charge in [0.15, 0.2) is 0 Å². The van der Waals surface area contributed by atoms with Gasteiger partial charge in [0.2, 0.25) is 5.91 Å². The van der Waals surface area contributed by atoms with E-state index in [0.717, 1.165) is 55.9 Å². The van der Waals surface area contributed by atoms with E-state index in [1.165, 1.54) is 0 Å². The molecule has 0 saturated carbocycles. The molecule has 2 fully saturated rings. The highest BCUT2D eigenvalue weighted by atomic mass is 16.5. The number of morpholine rings is 1. The lowest BCUT2D eigenvalue weighted by molar-refractivity contribution is -0.139. The number of rotatable bonds is 5. The van der Waals surface area contributed by atoms with Crippen LogP contribution in [0.4, 0.5) is 0 Å². The van der Waals surface area contributed by atoms with E-state index in [1.807, 2.05) is 29.2 Å². The Kier molecular flexibility index (Phi) is 5.94. The van der Waals surface area contributed by atoms with E-state index < -0.39 is 0 Å². The Bertz CT molecular complexity index is 757. The lowest BCUT2D eigenvalue weighted by atomic mass is 10.0. The van der Waals surface area contributed by atoms with Crippen LogP contribution in [0, 0.1) is 0 Å². The number of imidazole rings is 1. The van der Waals surface area contributed by atoms with Crippen LogP contribution in [0.15, 0.2) is 24.3 Å². The number of aromatic nitrogens is 2. The van der Waals surface area contributed by atoms with E-state index in [9.17, 15) is 4.79 Å². The van der Waals surface area contributed by atoms with Gasteiger partial charge in [-0.1, -0.05) is 12.1 Å². The summed E-state index contributed by atoms with van der Waals surface area (Å²) in [6.07, 6.45) is 2.62. The molecule has 7 heteroatoms. The number of H-pyrrole nitrogens is 1. The van der Waals surface area contributed by atoms with Gasteiger partial charge in [0.1, 0.15) is 19.0 Å². The van der Waals surface area contributed by atoms with Crippen molar-refractivity contribution in [1.29, 1.82) is 0 Å². The third-order valence-corrected chi connectivity index (χ3v) is 5.68. The van der Waals surface area contributed by atoms with Crippen LogP contribution >= 0.6 is 0 Å². The number of fused-ring (bicyclic) bond motifs is 1. The molecule has 0 spiro atoms. The maximum absolute atomic E-state index is 12.5. The molecule has 1 aromatic carbocycles. The Morgan fingerprint density at radius 1 is 1.21 bits per heavy atom. The highest BCUT2D eigenvalue weighted by Gasteiger charge is 2.31. The second-order valence-electron chi connectivity index (χ2n) is 8.02. The Morgan fingerprint density at radius 3 is 2.64 bits per heavy atom. The fraction of sp³-hybridized carbons (Fsp3) is 0.619. The number of piperidine rings is 1. The van der Waals surface area contributed by atoms with Gasteiger partial charge < -0.3 is 19.4 Å². The Balaban J connectivity index is 1.21. The first-order valence-electron chi connectivity index (χ1n) is 10.3. The molecule has 4 rings (SSSR count). The molecule has 3 heterocycles. The van der Waals surface area contributed by atoms with Crippen LogP contribution in [0.1, 0.15) is 32.5 Å². The minimum atomic E-state index is 0.0678. The minimum absolute atomic E-state index is 0.0678. The molecule has 28 heavy (non-hydrogen) atoms. The molecule has 2 aliphatic rings. The number of nitrogens with zero attached hydrogens (tertiary/aromatic N) is 3. The van der Waals surface area contributed by atoms with E-state index in [2.05, 4.69) is 28.7 Å². The third-order valence-electron chi connectivity index (χ3n) is 5.68. The highest BCUT2D eigenvalue weighted by Crippen LogP contribution is 2.21. The fourth-order valence-electron chi connectivity index (χ4n) is 4.40. The largest absolute Gasteiger partial charge is 0.373 e. The molecule has 2 atom stereocenters. The predicted molar refractivity (Wildman–Crippen MR) is 107 cm³/mol. The standard InChI is InChI=1S/C21H30N4O3/c1-15-11-25(12-16(2)28-15)17-7-9-24(10-8-17)21(26)14-27-13-20-22-18-5-3-4-6-19(18)23-20/h3-6,15-17H,7-14H2,1-2H3,(H,22,23)/t15-,16+. The molecular formula is C21H30N4O3.